The van der Waals surface area contributed by atoms with Crippen LogP contribution in [0.15, 0.2) is 48.8 Å². The summed E-state index contributed by atoms with van der Waals surface area (Å²) in [5, 5.41) is 13.0. The minimum absolute atomic E-state index is 0.101. The Hall–Kier alpha value is -2.40. The highest BCUT2D eigenvalue weighted by atomic mass is 16.3. The van der Waals surface area contributed by atoms with Crippen LogP contribution in [0.25, 0.3) is 11.1 Å². The predicted molar refractivity (Wildman–Crippen MR) is 98.0 cm³/mol. The molecule has 5 heteroatoms. The summed E-state index contributed by atoms with van der Waals surface area (Å²) in [6.45, 7) is 2.34. The standard InChI is InChI=1S/C20H25N3O2/c1-14(22-20(25)23(2)13-19(24)17-9-10-17)15-5-7-16(8-6-15)18-4-3-11-21-12-18/h3-8,11-12,14,17,19,24H,9-10,13H2,1-2H3,(H,22,25). The Balaban J connectivity index is 1.57. The van der Waals surface area contributed by atoms with Gasteiger partial charge in [0, 0.05) is 26.0 Å². The summed E-state index contributed by atoms with van der Waals surface area (Å²) in [5.74, 6) is 0.368. The van der Waals surface area contributed by atoms with Gasteiger partial charge in [0.2, 0.25) is 0 Å². The molecular formula is C20H25N3O2. The fourth-order valence-corrected chi connectivity index (χ4v) is 2.87. The monoisotopic (exact) mass is 339 g/mol. The first-order valence-electron chi connectivity index (χ1n) is 8.74. The number of likely N-dealkylation sites (N-methyl/N-ethyl adjacent to an activating group) is 1. The number of carbonyl (C=O) groups excluding carboxylic acids is 1. The lowest BCUT2D eigenvalue weighted by Crippen LogP contribution is -2.42. The Labute approximate surface area is 148 Å². The van der Waals surface area contributed by atoms with E-state index in [9.17, 15) is 9.90 Å². The normalized spacial score (nSPS) is 16.1. The van der Waals surface area contributed by atoms with Crippen LogP contribution in [0.1, 0.15) is 31.4 Å². The Morgan fingerprint density at radius 3 is 2.60 bits per heavy atom. The van der Waals surface area contributed by atoms with Crippen molar-refractivity contribution in [1.29, 1.82) is 0 Å². The molecule has 2 unspecified atom stereocenters. The third-order valence-electron chi connectivity index (χ3n) is 4.72. The van der Waals surface area contributed by atoms with Crippen molar-refractivity contribution in [1.82, 2.24) is 15.2 Å². The van der Waals surface area contributed by atoms with Crippen molar-refractivity contribution in [3.8, 4) is 11.1 Å². The molecule has 0 spiro atoms. The number of nitrogens with zero attached hydrogens (tertiary/aromatic N) is 2. The molecule has 25 heavy (non-hydrogen) atoms. The van der Waals surface area contributed by atoms with Crippen molar-refractivity contribution in [2.75, 3.05) is 13.6 Å². The summed E-state index contributed by atoms with van der Waals surface area (Å²) >= 11 is 0. The van der Waals surface area contributed by atoms with Gasteiger partial charge in [0.05, 0.1) is 12.1 Å². The van der Waals surface area contributed by atoms with Crippen LogP contribution < -0.4 is 5.32 Å². The van der Waals surface area contributed by atoms with Crippen molar-refractivity contribution < 1.29 is 9.90 Å². The maximum Gasteiger partial charge on any atom is 0.317 e. The number of nitrogens with one attached hydrogen (secondary N) is 1. The topological polar surface area (TPSA) is 65.5 Å². The van der Waals surface area contributed by atoms with Crippen LogP contribution in [0.2, 0.25) is 0 Å². The summed E-state index contributed by atoms with van der Waals surface area (Å²) in [7, 11) is 1.72. The molecule has 2 N–H and O–H groups in total. The van der Waals surface area contributed by atoms with Gasteiger partial charge in [-0.2, -0.15) is 0 Å². The third kappa shape index (κ3) is 4.57. The molecule has 0 bridgehead atoms. The number of rotatable bonds is 6. The van der Waals surface area contributed by atoms with Crippen molar-refractivity contribution >= 4 is 6.03 Å². The molecule has 0 radical (unpaired) electrons. The van der Waals surface area contributed by atoms with Crippen LogP contribution in [0.5, 0.6) is 0 Å². The van der Waals surface area contributed by atoms with Crippen LogP contribution in [0.4, 0.5) is 4.79 Å². The molecule has 2 amide bonds. The summed E-state index contributed by atoms with van der Waals surface area (Å²) in [6.07, 6.45) is 5.31. The molecule has 1 heterocycles. The van der Waals surface area contributed by atoms with E-state index in [2.05, 4.69) is 10.3 Å². The van der Waals surface area contributed by atoms with Crippen molar-refractivity contribution in [3.63, 3.8) is 0 Å². The first-order valence-corrected chi connectivity index (χ1v) is 8.74. The highest BCUT2D eigenvalue weighted by Gasteiger charge is 2.31. The van der Waals surface area contributed by atoms with Gasteiger partial charge in [-0.15, -0.1) is 0 Å². The average molecular weight is 339 g/mol. The second kappa shape index (κ2) is 7.66. The fourth-order valence-electron chi connectivity index (χ4n) is 2.87. The van der Waals surface area contributed by atoms with Gasteiger partial charge in [0.1, 0.15) is 0 Å². The molecule has 1 fully saturated rings. The first-order chi connectivity index (χ1) is 12.0. The predicted octanol–water partition coefficient (Wildman–Crippen LogP) is 3.22. The molecule has 0 saturated heterocycles. The summed E-state index contributed by atoms with van der Waals surface area (Å²) < 4.78 is 0. The zero-order valence-corrected chi connectivity index (χ0v) is 14.7. The number of pyridine rings is 1. The van der Waals surface area contributed by atoms with E-state index in [-0.39, 0.29) is 12.1 Å². The highest BCUT2D eigenvalue weighted by Crippen LogP contribution is 2.32. The molecule has 2 aromatic rings. The van der Waals surface area contributed by atoms with Gasteiger partial charge in [-0.25, -0.2) is 4.79 Å². The van der Waals surface area contributed by atoms with E-state index in [4.69, 9.17) is 0 Å². The number of urea groups is 1. The number of aliphatic hydroxyl groups excluding tert-OH is 1. The van der Waals surface area contributed by atoms with E-state index in [0.29, 0.717) is 12.5 Å². The second-order valence-electron chi connectivity index (χ2n) is 6.82. The lowest BCUT2D eigenvalue weighted by molar-refractivity contribution is 0.113. The zero-order chi connectivity index (χ0) is 17.8. The van der Waals surface area contributed by atoms with Gasteiger partial charge in [-0.05, 0) is 48.4 Å². The number of benzene rings is 1. The number of carbonyl (C=O) groups is 1. The molecule has 132 valence electrons. The molecule has 1 aromatic heterocycles. The molecule has 1 aromatic carbocycles. The van der Waals surface area contributed by atoms with Crippen molar-refractivity contribution in [2.45, 2.75) is 31.9 Å². The van der Waals surface area contributed by atoms with E-state index in [1.54, 1.807) is 18.1 Å². The smallest absolute Gasteiger partial charge is 0.317 e. The molecule has 2 atom stereocenters. The highest BCUT2D eigenvalue weighted by molar-refractivity contribution is 5.74. The number of hydrogen-bond acceptors (Lipinski definition) is 3. The van der Waals surface area contributed by atoms with E-state index in [1.807, 2.05) is 49.5 Å². The maximum atomic E-state index is 12.3. The molecule has 1 aliphatic rings. The first kappa shape index (κ1) is 17.4. The van der Waals surface area contributed by atoms with Gasteiger partial charge in [0.15, 0.2) is 0 Å². The Morgan fingerprint density at radius 2 is 2.00 bits per heavy atom. The van der Waals surface area contributed by atoms with Gasteiger partial charge in [-0.1, -0.05) is 30.3 Å². The summed E-state index contributed by atoms with van der Waals surface area (Å²) in [6, 6.07) is 11.8. The van der Waals surface area contributed by atoms with E-state index < -0.39 is 6.10 Å². The van der Waals surface area contributed by atoms with Crippen LogP contribution in [-0.4, -0.2) is 40.7 Å². The van der Waals surface area contributed by atoms with Gasteiger partial charge in [0.25, 0.3) is 0 Å². The van der Waals surface area contributed by atoms with E-state index in [1.165, 1.54) is 0 Å². The molecule has 5 nitrogen and oxygen atoms in total. The van der Waals surface area contributed by atoms with Crippen LogP contribution in [0, 0.1) is 5.92 Å². The summed E-state index contributed by atoms with van der Waals surface area (Å²) in [4.78, 5) is 18.0. The quantitative estimate of drug-likeness (QED) is 0.849. The Kier molecular flexibility index (Phi) is 5.34. The van der Waals surface area contributed by atoms with Crippen molar-refractivity contribution in [3.05, 3.63) is 54.4 Å². The number of hydrogen-bond donors (Lipinski definition) is 2. The average Bonchev–Trinajstić information content (AvgIpc) is 3.47. The molecule has 3 rings (SSSR count). The molecule has 1 aliphatic carbocycles. The van der Waals surface area contributed by atoms with Crippen LogP contribution in [-0.2, 0) is 0 Å². The van der Waals surface area contributed by atoms with Gasteiger partial charge < -0.3 is 15.3 Å². The molecular weight excluding hydrogens is 314 g/mol. The number of aliphatic hydroxyl groups is 1. The minimum atomic E-state index is -0.412. The van der Waals surface area contributed by atoms with Crippen LogP contribution >= 0.6 is 0 Å². The van der Waals surface area contributed by atoms with E-state index >= 15 is 0 Å². The van der Waals surface area contributed by atoms with Crippen molar-refractivity contribution in [2.24, 2.45) is 5.92 Å². The largest absolute Gasteiger partial charge is 0.391 e. The van der Waals surface area contributed by atoms with Gasteiger partial charge in [-0.3, -0.25) is 4.98 Å². The minimum Gasteiger partial charge on any atom is -0.391 e. The molecule has 0 aliphatic heterocycles. The second-order valence-corrected chi connectivity index (χ2v) is 6.82. The lowest BCUT2D eigenvalue weighted by atomic mass is 10.0. The Morgan fingerprint density at radius 1 is 1.28 bits per heavy atom. The Bertz CT molecular complexity index is 699. The zero-order valence-electron chi connectivity index (χ0n) is 14.7. The maximum absolute atomic E-state index is 12.3. The lowest BCUT2D eigenvalue weighted by Gasteiger charge is -2.24. The third-order valence-corrected chi connectivity index (χ3v) is 4.72. The summed E-state index contributed by atoms with van der Waals surface area (Å²) in [5.41, 5.74) is 3.21. The number of amides is 2. The molecule has 1 saturated carbocycles. The fraction of sp³-hybridized carbons (Fsp3) is 0.400. The van der Waals surface area contributed by atoms with Crippen LogP contribution in [0.3, 0.4) is 0 Å². The number of aromatic nitrogens is 1. The van der Waals surface area contributed by atoms with E-state index in [0.717, 1.165) is 29.5 Å². The van der Waals surface area contributed by atoms with Gasteiger partial charge >= 0.3 is 6.03 Å². The SMILES string of the molecule is CC(NC(=O)N(C)CC(O)C1CC1)c1ccc(-c2cccnc2)cc1.